The number of nitrogens with zero attached hydrogens (tertiary/aromatic N) is 1. The lowest BCUT2D eigenvalue weighted by Gasteiger charge is -2.20. The second-order valence-corrected chi connectivity index (χ2v) is 6.26. The van der Waals surface area contributed by atoms with E-state index < -0.39 is 0 Å². The van der Waals surface area contributed by atoms with Crippen LogP contribution in [0.25, 0.3) is 22.2 Å². The van der Waals surface area contributed by atoms with Crippen molar-refractivity contribution in [2.75, 3.05) is 0 Å². The third kappa shape index (κ3) is 2.76. The van der Waals surface area contributed by atoms with Crippen molar-refractivity contribution >= 4 is 10.9 Å². The fourth-order valence-electron chi connectivity index (χ4n) is 3.43. The van der Waals surface area contributed by atoms with Gasteiger partial charge in [0.25, 0.3) is 0 Å². The lowest BCUT2D eigenvalue weighted by atomic mass is 10.0. The molecule has 2 nitrogen and oxygen atoms in total. The molecule has 0 saturated heterocycles. The molecule has 122 valence electrons. The Bertz CT molecular complexity index is 1080. The summed E-state index contributed by atoms with van der Waals surface area (Å²) >= 11 is 0. The quantitative estimate of drug-likeness (QED) is 0.518. The number of hydrogen-bond acceptors (Lipinski definition) is 1. The average Bonchev–Trinajstić information content (AvgIpc) is 2.68. The zero-order valence-electron chi connectivity index (χ0n) is 14.1. The number of aromatic nitrogens is 1. The summed E-state index contributed by atoms with van der Waals surface area (Å²) in [5, 5.41) is 0.774. The first-order chi connectivity index (χ1) is 12.3. The van der Waals surface area contributed by atoms with Crippen LogP contribution in [0.3, 0.4) is 0 Å². The minimum absolute atomic E-state index is 0.110. The predicted octanol–water partition coefficient (Wildman–Crippen LogP) is 5.03. The van der Waals surface area contributed by atoms with Crippen LogP contribution in [0.15, 0.2) is 89.7 Å². The highest BCUT2D eigenvalue weighted by molar-refractivity contribution is 5.84. The highest BCUT2D eigenvalue weighted by Gasteiger charge is 2.15. The van der Waals surface area contributed by atoms with E-state index in [-0.39, 0.29) is 5.43 Å². The monoisotopic (exact) mass is 325 g/mol. The van der Waals surface area contributed by atoms with Gasteiger partial charge in [0.1, 0.15) is 0 Å². The molecular weight excluding hydrogens is 306 g/mol. The number of para-hydroxylation sites is 1. The van der Waals surface area contributed by atoms with E-state index in [4.69, 9.17) is 0 Å². The third-order valence-corrected chi connectivity index (χ3v) is 4.64. The molecule has 0 atom stereocenters. The highest BCUT2D eigenvalue weighted by atomic mass is 16.1. The molecule has 25 heavy (non-hydrogen) atoms. The van der Waals surface area contributed by atoms with E-state index in [1.54, 1.807) is 0 Å². The molecule has 0 aliphatic carbocycles. The summed E-state index contributed by atoms with van der Waals surface area (Å²) in [6.07, 6.45) is 0. The van der Waals surface area contributed by atoms with Gasteiger partial charge in [-0.2, -0.15) is 0 Å². The van der Waals surface area contributed by atoms with Gasteiger partial charge < -0.3 is 4.57 Å². The minimum Gasteiger partial charge on any atom is -0.336 e. The van der Waals surface area contributed by atoms with Gasteiger partial charge in [-0.1, -0.05) is 72.8 Å². The fraction of sp³-hybridized carbons (Fsp3) is 0.0870. The standard InChI is InChI=1S/C23H19NO/c1-17-22(19-12-6-3-7-13-19)24(16-18-10-4-2-5-11-18)21-15-9-8-14-20(21)23(17)25/h2-15H,16H2,1H3. The maximum Gasteiger partial charge on any atom is 0.192 e. The fourth-order valence-corrected chi connectivity index (χ4v) is 3.43. The molecule has 1 heterocycles. The molecule has 0 saturated carbocycles. The van der Waals surface area contributed by atoms with Crippen molar-refractivity contribution in [3.63, 3.8) is 0 Å². The molecule has 4 aromatic rings. The highest BCUT2D eigenvalue weighted by Crippen LogP contribution is 2.27. The lowest BCUT2D eigenvalue weighted by Crippen LogP contribution is -2.16. The van der Waals surface area contributed by atoms with E-state index in [1.165, 1.54) is 5.56 Å². The van der Waals surface area contributed by atoms with E-state index in [0.29, 0.717) is 0 Å². The first-order valence-corrected chi connectivity index (χ1v) is 8.47. The molecule has 0 N–H and O–H groups in total. The molecule has 0 aliphatic rings. The SMILES string of the molecule is Cc1c(-c2ccccc2)n(Cc2ccccc2)c2ccccc2c1=O. The molecule has 0 spiro atoms. The van der Waals surface area contributed by atoms with E-state index in [9.17, 15) is 4.79 Å². The summed E-state index contributed by atoms with van der Waals surface area (Å²) < 4.78 is 2.26. The Labute approximate surface area is 147 Å². The molecule has 2 heteroatoms. The largest absolute Gasteiger partial charge is 0.336 e. The van der Waals surface area contributed by atoms with E-state index in [1.807, 2.05) is 55.5 Å². The molecule has 0 fully saturated rings. The molecule has 0 aliphatic heterocycles. The van der Waals surface area contributed by atoms with Crippen molar-refractivity contribution in [3.8, 4) is 11.3 Å². The van der Waals surface area contributed by atoms with Crippen LogP contribution in [-0.4, -0.2) is 4.57 Å². The Balaban J connectivity index is 2.07. The van der Waals surface area contributed by atoms with Crippen LogP contribution in [0.5, 0.6) is 0 Å². The van der Waals surface area contributed by atoms with Crippen LogP contribution in [0.2, 0.25) is 0 Å². The van der Waals surface area contributed by atoms with Gasteiger partial charge in [-0.25, -0.2) is 0 Å². The third-order valence-electron chi connectivity index (χ3n) is 4.64. The molecule has 4 rings (SSSR count). The molecular formula is C23H19NO. The van der Waals surface area contributed by atoms with Crippen LogP contribution in [0, 0.1) is 6.92 Å². The minimum atomic E-state index is 0.110. The first kappa shape index (κ1) is 15.4. The van der Waals surface area contributed by atoms with Crippen LogP contribution in [-0.2, 0) is 6.54 Å². The summed E-state index contributed by atoms with van der Waals surface area (Å²) in [5.74, 6) is 0. The van der Waals surface area contributed by atoms with Gasteiger partial charge >= 0.3 is 0 Å². The van der Waals surface area contributed by atoms with Gasteiger partial charge in [0.2, 0.25) is 0 Å². The molecule has 0 unspecified atom stereocenters. The Morgan fingerprint density at radius 3 is 2.08 bits per heavy atom. The maximum absolute atomic E-state index is 12.9. The maximum atomic E-state index is 12.9. The molecule has 0 radical (unpaired) electrons. The second kappa shape index (κ2) is 6.40. The summed E-state index contributed by atoms with van der Waals surface area (Å²) in [6.45, 7) is 2.66. The van der Waals surface area contributed by atoms with E-state index >= 15 is 0 Å². The lowest BCUT2D eigenvalue weighted by molar-refractivity contribution is 0.829. The smallest absolute Gasteiger partial charge is 0.192 e. The number of rotatable bonds is 3. The summed E-state index contributed by atoms with van der Waals surface area (Å²) in [6, 6.07) is 28.4. The van der Waals surface area contributed by atoms with Crippen LogP contribution < -0.4 is 5.43 Å². The molecule has 0 amide bonds. The Kier molecular flexibility index (Phi) is 3.95. The molecule has 3 aromatic carbocycles. The van der Waals surface area contributed by atoms with Gasteiger partial charge in [-0.3, -0.25) is 4.79 Å². The second-order valence-electron chi connectivity index (χ2n) is 6.26. The Morgan fingerprint density at radius 2 is 1.36 bits per heavy atom. The van der Waals surface area contributed by atoms with Gasteiger partial charge in [-0.05, 0) is 30.2 Å². The summed E-state index contributed by atoms with van der Waals surface area (Å²) in [4.78, 5) is 12.9. The number of hydrogen-bond donors (Lipinski definition) is 0. The van der Waals surface area contributed by atoms with Crippen molar-refractivity contribution < 1.29 is 0 Å². The van der Waals surface area contributed by atoms with Crippen molar-refractivity contribution in [1.29, 1.82) is 0 Å². The zero-order valence-corrected chi connectivity index (χ0v) is 14.1. The van der Waals surface area contributed by atoms with Gasteiger partial charge in [-0.15, -0.1) is 0 Å². The van der Waals surface area contributed by atoms with Crippen molar-refractivity contribution in [2.24, 2.45) is 0 Å². The van der Waals surface area contributed by atoms with E-state index in [2.05, 4.69) is 41.0 Å². The van der Waals surface area contributed by atoms with Crippen LogP contribution in [0.4, 0.5) is 0 Å². The molecule has 0 bridgehead atoms. The van der Waals surface area contributed by atoms with Crippen LogP contribution >= 0.6 is 0 Å². The summed E-state index contributed by atoms with van der Waals surface area (Å²) in [7, 11) is 0. The molecule has 1 aromatic heterocycles. The van der Waals surface area contributed by atoms with Gasteiger partial charge in [0.05, 0.1) is 11.2 Å². The Hall–Kier alpha value is -3.13. The first-order valence-electron chi connectivity index (χ1n) is 8.47. The topological polar surface area (TPSA) is 22.0 Å². The summed E-state index contributed by atoms with van der Waals surface area (Å²) in [5.41, 5.74) is 5.15. The van der Waals surface area contributed by atoms with Gasteiger partial charge in [0, 0.05) is 17.5 Å². The van der Waals surface area contributed by atoms with Gasteiger partial charge in [0.15, 0.2) is 5.43 Å². The number of benzene rings is 3. The van der Waals surface area contributed by atoms with Crippen molar-refractivity contribution in [3.05, 3.63) is 106 Å². The predicted molar refractivity (Wildman–Crippen MR) is 104 cm³/mol. The van der Waals surface area contributed by atoms with Crippen molar-refractivity contribution in [1.82, 2.24) is 4.57 Å². The number of fused-ring (bicyclic) bond motifs is 1. The normalized spacial score (nSPS) is 10.9. The van der Waals surface area contributed by atoms with Crippen molar-refractivity contribution in [2.45, 2.75) is 13.5 Å². The van der Waals surface area contributed by atoms with Crippen LogP contribution in [0.1, 0.15) is 11.1 Å². The van der Waals surface area contributed by atoms with E-state index in [0.717, 1.165) is 34.3 Å². The Morgan fingerprint density at radius 1 is 0.760 bits per heavy atom. The zero-order chi connectivity index (χ0) is 17.2. The average molecular weight is 325 g/mol. The number of pyridine rings is 1.